The molecule has 1 aliphatic carbocycles. The van der Waals surface area contributed by atoms with Crippen molar-refractivity contribution in [3.05, 3.63) is 30.3 Å². The Labute approximate surface area is 120 Å². The summed E-state index contributed by atoms with van der Waals surface area (Å²) < 4.78 is 0. The highest BCUT2D eigenvalue weighted by atomic mass is 16.2. The maximum absolute atomic E-state index is 12.1. The summed E-state index contributed by atoms with van der Waals surface area (Å²) >= 11 is 0. The molecule has 2 unspecified atom stereocenters. The zero-order valence-electron chi connectivity index (χ0n) is 12.1. The second-order valence-corrected chi connectivity index (χ2v) is 5.54. The first-order valence-corrected chi connectivity index (χ1v) is 7.23. The van der Waals surface area contributed by atoms with E-state index in [0.717, 1.165) is 24.9 Å². The number of hydrogen-bond acceptors (Lipinski definition) is 2. The van der Waals surface area contributed by atoms with Crippen LogP contribution in [-0.2, 0) is 9.59 Å². The van der Waals surface area contributed by atoms with E-state index in [9.17, 15) is 9.59 Å². The van der Waals surface area contributed by atoms with Crippen LogP contribution in [0.1, 0.15) is 32.6 Å². The van der Waals surface area contributed by atoms with Gasteiger partial charge in [0.2, 0.25) is 0 Å². The van der Waals surface area contributed by atoms with Gasteiger partial charge in [-0.15, -0.1) is 0 Å². The molecular weight excluding hydrogens is 252 g/mol. The minimum atomic E-state index is -0.506. The van der Waals surface area contributed by atoms with Crippen molar-refractivity contribution in [1.82, 2.24) is 5.32 Å². The van der Waals surface area contributed by atoms with Gasteiger partial charge in [0.1, 0.15) is 0 Å². The van der Waals surface area contributed by atoms with Crippen LogP contribution in [0.25, 0.3) is 0 Å². The Balaban J connectivity index is 1.96. The van der Waals surface area contributed by atoms with Crippen molar-refractivity contribution in [2.75, 3.05) is 11.9 Å². The molecule has 2 rings (SSSR count). The van der Waals surface area contributed by atoms with Crippen LogP contribution in [0.4, 0.5) is 5.69 Å². The summed E-state index contributed by atoms with van der Waals surface area (Å²) in [6.45, 7) is 2.13. The molecule has 1 N–H and O–H groups in total. The molecule has 0 radical (unpaired) electrons. The molecule has 108 valence electrons. The van der Waals surface area contributed by atoms with Gasteiger partial charge in [-0.25, -0.2) is 0 Å². The number of para-hydroxylation sites is 1. The number of carbonyl (C=O) groups excluding carboxylic acids is 2. The normalized spacial score (nSPS) is 22.1. The molecule has 0 aromatic heterocycles. The van der Waals surface area contributed by atoms with Gasteiger partial charge in [0, 0.05) is 18.8 Å². The standard InChI is InChI=1S/C16H22N2O2/c1-12-8-6-7-11-14(12)17-15(19)16(20)18(2)13-9-4-3-5-10-13/h3-5,9-10,12,14H,6-8,11H2,1-2H3,(H,17,19). The van der Waals surface area contributed by atoms with E-state index in [4.69, 9.17) is 0 Å². The average molecular weight is 274 g/mol. The summed E-state index contributed by atoms with van der Waals surface area (Å²) in [4.78, 5) is 25.6. The van der Waals surface area contributed by atoms with Crippen LogP contribution >= 0.6 is 0 Å². The highest BCUT2D eigenvalue weighted by Crippen LogP contribution is 2.23. The molecule has 4 nitrogen and oxygen atoms in total. The summed E-state index contributed by atoms with van der Waals surface area (Å²) in [6, 6.07) is 9.33. The number of nitrogens with zero attached hydrogens (tertiary/aromatic N) is 1. The molecule has 1 fully saturated rings. The third-order valence-corrected chi connectivity index (χ3v) is 4.07. The summed E-state index contributed by atoms with van der Waals surface area (Å²) in [6.07, 6.45) is 4.42. The van der Waals surface area contributed by atoms with E-state index in [1.54, 1.807) is 7.05 Å². The van der Waals surface area contributed by atoms with Crippen molar-refractivity contribution in [1.29, 1.82) is 0 Å². The average Bonchev–Trinajstić information content (AvgIpc) is 2.49. The van der Waals surface area contributed by atoms with Gasteiger partial charge in [-0.1, -0.05) is 38.0 Å². The lowest BCUT2D eigenvalue weighted by Gasteiger charge is -2.29. The maximum atomic E-state index is 12.1. The van der Waals surface area contributed by atoms with Crippen LogP contribution in [-0.4, -0.2) is 24.9 Å². The molecule has 20 heavy (non-hydrogen) atoms. The van der Waals surface area contributed by atoms with Crippen LogP contribution in [0.3, 0.4) is 0 Å². The van der Waals surface area contributed by atoms with Gasteiger partial charge in [0.25, 0.3) is 0 Å². The van der Waals surface area contributed by atoms with Crippen molar-refractivity contribution in [2.24, 2.45) is 5.92 Å². The van der Waals surface area contributed by atoms with Crippen molar-refractivity contribution in [3.63, 3.8) is 0 Å². The Morgan fingerprint density at radius 1 is 1.15 bits per heavy atom. The third-order valence-electron chi connectivity index (χ3n) is 4.07. The molecule has 0 saturated heterocycles. The van der Waals surface area contributed by atoms with Gasteiger partial charge < -0.3 is 10.2 Å². The van der Waals surface area contributed by atoms with Gasteiger partial charge in [-0.2, -0.15) is 0 Å². The van der Waals surface area contributed by atoms with E-state index < -0.39 is 11.8 Å². The number of carbonyl (C=O) groups is 2. The minimum Gasteiger partial charge on any atom is -0.345 e. The molecule has 1 aromatic carbocycles. The van der Waals surface area contributed by atoms with Crippen LogP contribution in [0.15, 0.2) is 30.3 Å². The Kier molecular flexibility index (Phi) is 4.77. The zero-order chi connectivity index (χ0) is 14.5. The SMILES string of the molecule is CC1CCCCC1NC(=O)C(=O)N(C)c1ccccc1. The quantitative estimate of drug-likeness (QED) is 0.842. The maximum Gasteiger partial charge on any atom is 0.316 e. The fraction of sp³-hybridized carbons (Fsp3) is 0.500. The predicted molar refractivity (Wildman–Crippen MR) is 79.4 cm³/mol. The Hall–Kier alpha value is -1.84. The van der Waals surface area contributed by atoms with E-state index in [1.807, 2.05) is 30.3 Å². The molecule has 2 atom stereocenters. The third kappa shape index (κ3) is 3.38. The van der Waals surface area contributed by atoms with E-state index in [2.05, 4.69) is 12.2 Å². The van der Waals surface area contributed by atoms with E-state index in [-0.39, 0.29) is 6.04 Å². The molecule has 0 bridgehead atoms. The lowest BCUT2D eigenvalue weighted by Crippen LogP contribution is -2.48. The summed E-state index contributed by atoms with van der Waals surface area (Å²) in [5.74, 6) is -0.563. The van der Waals surface area contributed by atoms with E-state index in [1.165, 1.54) is 11.3 Å². The lowest BCUT2D eigenvalue weighted by molar-refractivity contribution is -0.138. The highest BCUT2D eigenvalue weighted by molar-refractivity contribution is 6.40. The predicted octanol–water partition coefficient (Wildman–Crippen LogP) is 2.34. The zero-order valence-corrected chi connectivity index (χ0v) is 12.1. The number of anilines is 1. The molecule has 0 heterocycles. The number of amides is 2. The molecular formula is C16H22N2O2. The van der Waals surface area contributed by atoms with Gasteiger partial charge in [0.15, 0.2) is 0 Å². The summed E-state index contributed by atoms with van der Waals surface area (Å²) in [7, 11) is 1.63. The fourth-order valence-corrected chi connectivity index (χ4v) is 2.68. The van der Waals surface area contributed by atoms with Gasteiger partial charge >= 0.3 is 11.8 Å². The van der Waals surface area contributed by atoms with Crippen molar-refractivity contribution >= 4 is 17.5 Å². The Bertz CT molecular complexity index is 473. The van der Waals surface area contributed by atoms with Crippen LogP contribution < -0.4 is 10.2 Å². The van der Waals surface area contributed by atoms with Gasteiger partial charge in [-0.05, 0) is 30.9 Å². The van der Waals surface area contributed by atoms with Gasteiger partial charge in [-0.3, -0.25) is 9.59 Å². The Morgan fingerprint density at radius 3 is 2.45 bits per heavy atom. The number of rotatable bonds is 2. The van der Waals surface area contributed by atoms with Crippen molar-refractivity contribution in [2.45, 2.75) is 38.6 Å². The lowest BCUT2D eigenvalue weighted by atomic mass is 9.86. The largest absolute Gasteiger partial charge is 0.345 e. The number of benzene rings is 1. The second-order valence-electron chi connectivity index (χ2n) is 5.54. The molecule has 1 aliphatic rings. The first-order chi connectivity index (χ1) is 9.59. The van der Waals surface area contributed by atoms with Crippen LogP contribution in [0.5, 0.6) is 0 Å². The van der Waals surface area contributed by atoms with Gasteiger partial charge in [0.05, 0.1) is 0 Å². The minimum absolute atomic E-state index is 0.129. The molecule has 0 aliphatic heterocycles. The topological polar surface area (TPSA) is 49.4 Å². The van der Waals surface area contributed by atoms with Crippen molar-refractivity contribution < 1.29 is 9.59 Å². The molecule has 0 spiro atoms. The summed E-state index contributed by atoms with van der Waals surface area (Å²) in [5, 5.41) is 2.89. The van der Waals surface area contributed by atoms with E-state index in [0.29, 0.717) is 5.92 Å². The van der Waals surface area contributed by atoms with Crippen LogP contribution in [0.2, 0.25) is 0 Å². The molecule has 2 amide bonds. The Morgan fingerprint density at radius 2 is 1.80 bits per heavy atom. The first kappa shape index (κ1) is 14.6. The molecule has 4 heteroatoms. The monoisotopic (exact) mass is 274 g/mol. The molecule has 1 aromatic rings. The summed E-state index contributed by atoms with van der Waals surface area (Å²) in [5.41, 5.74) is 0.726. The highest BCUT2D eigenvalue weighted by Gasteiger charge is 2.27. The smallest absolute Gasteiger partial charge is 0.316 e. The van der Waals surface area contributed by atoms with Crippen LogP contribution in [0, 0.1) is 5.92 Å². The van der Waals surface area contributed by atoms with E-state index >= 15 is 0 Å². The number of hydrogen-bond donors (Lipinski definition) is 1. The second kappa shape index (κ2) is 6.55. The number of likely N-dealkylation sites (N-methyl/N-ethyl adjacent to an activating group) is 1. The number of nitrogens with one attached hydrogen (secondary N) is 1. The van der Waals surface area contributed by atoms with Crippen molar-refractivity contribution in [3.8, 4) is 0 Å². The first-order valence-electron chi connectivity index (χ1n) is 7.23. The molecule has 1 saturated carbocycles. The fourth-order valence-electron chi connectivity index (χ4n) is 2.68.